The summed E-state index contributed by atoms with van der Waals surface area (Å²) in [4.78, 5) is 68.0. The summed E-state index contributed by atoms with van der Waals surface area (Å²) in [6, 6.07) is -3.67. The number of nitrogens with one attached hydrogen (secondary N) is 3. The van der Waals surface area contributed by atoms with Crippen molar-refractivity contribution in [3.63, 3.8) is 0 Å². The molecule has 3 aliphatic rings. The van der Waals surface area contributed by atoms with E-state index in [0.29, 0.717) is 96.8 Å². The van der Waals surface area contributed by atoms with E-state index in [9.17, 15) is 29.1 Å². The highest BCUT2D eigenvalue weighted by atomic mass is 16.4. The second kappa shape index (κ2) is 15.9. The molecule has 0 bridgehead atoms. The van der Waals surface area contributed by atoms with Gasteiger partial charge in [0, 0.05) is 13.1 Å². The van der Waals surface area contributed by atoms with Gasteiger partial charge in [0.1, 0.15) is 24.2 Å². The van der Waals surface area contributed by atoms with Gasteiger partial charge in [-0.3, -0.25) is 19.2 Å². The first-order valence-electron chi connectivity index (χ1n) is 14.9. The smallest absolute Gasteiger partial charge is 0.326 e. The molecule has 3 fully saturated rings. The van der Waals surface area contributed by atoms with Gasteiger partial charge in [-0.15, -0.1) is 0 Å². The Morgan fingerprint density at radius 2 is 1.27 bits per heavy atom. The molecule has 8 N–H and O–H groups in total. The molecule has 13 nitrogen and oxygen atoms in total. The number of hydrogen-bond donors (Lipinski definition) is 6. The lowest BCUT2D eigenvalue weighted by Crippen LogP contribution is -2.58. The number of carboxylic acid groups (broad SMARTS) is 1. The van der Waals surface area contributed by atoms with Crippen LogP contribution in [-0.4, -0.2) is 107 Å². The first-order chi connectivity index (χ1) is 19.3. The Morgan fingerprint density at radius 3 is 1.77 bits per heavy atom. The Bertz CT molecular complexity index is 897. The number of likely N-dealkylation sites (tertiary alicyclic amines) is 2. The van der Waals surface area contributed by atoms with Gasteiger partial charge in [-0.1, -0.05) is 0 Å². The summed E-state index contributed by atoms with van der Waals surface area (Å²) in [5, 5.41) is 18.5. The van der Waals surface area contributed by atoms with Gasteiger partial charge in [0.05, 0.1) is 6.04 Å². The van der Waals surface area contributed by atoms with E-state index in [1.807, 2.05) is 0 Å². The van der Waals surface area contributed by atoms with Crippen molar-refractivity contribution in [1.82, 2.24) is 25.8 Å². The number of amides is 4. The fraction of sp³-hybridized carbons (Fsp3) is 0.815. The van der Waals surface area contributed by atoms with Crippen LogP contribution in [0, 0.1) is 0 Å². The first-order valence-corrected chi connectivity index (χ1v) is 14.9. The summed E-state index contributed by atoms with van der Waals surface area (Å²) >= 11 is 0. The molecule has 13 heteroatoms. The molecule has 3 saturated heterocycles. The zero-order valence-corrected chi connectivity index (χ0v) is 23.4. The van der Waals surface area contributed by atoms with Crippen molar-refractivity contribution in [2.24, 2.45) is 11.5 Å². The minimum absolute atomic E-state index is 0.215. The first kappa shape index (κ1) is 31.8. The number of rotatable bonds is 15. The Balaban J connectivity index is 1.70. The van der Waals surface area contributed by atoms with Crippen LogP contribution >= 0.6 is 0 Å². The molecule has 5 atom stereocenters. The Morgan fingerprint density at radius 1 is 0.750 bits per heavy atom. The predicted octanol–water partition coefficient (Wildman–Crippen LogP) is -0.967. The summed E-state index contributed by atoms with van der Waals surface area (Å²) in [5.74, 6) is -2.43. The summed E-state index contributed by atoms with van der Waals surface area (Å²) < 4.78 is 0. The fourth-order valence-corrected chi connectivity index (χ4v) is 5.94. The van der Waals surface area contributed by atoms with Crippen molar-refractivity contribution in [3.8, 4) is 0 Å². The molecule has 0 saturated carbocycles. The van der Waals surface area contributed by atoms with Crippen molar-refractivity contribution in [2.45, 2.75) is 107 Å². The van der Waals surface area contributed by atoms with Crippen molar-refractivity contribution >= 4 is 29.6 Å². The molecule has 0 aromatic carbocycles. The van der Waals surface area contributed by atoms with Crippen molar-refractivity contribution in [3.05, 3.63) is 0 Å². The van der Waals surface area contributed by atoms with E-state index < -0.39 is 42.0 Å². The molecular formula is C27H47N7O6. The van der Waals surface area contributed by atoms with Gasteiger partial charge in [0.25, 0.3) is 0 Å². The summed E-state index contributed by atoms with van der Waals surface area (Å²) in [7, 11) is 0. The third-order valence-corrected chi connectivity index (χ3v) is 8.16. The van der Waals surface area contributed by atoms with Gasteiger partial charge in [0.15, 0.2) is 0 Å². The SMILES string of the molecule is NCCCC[C@H](NC(=O)[C@@H]1CCCN1C(=O)[C@H](CCCCN)NC(=O)[C@@H]1CCCN1)C(=O)N1CCC[C@H]1C(=O)O. The number of unbranched alkanes of at least 4 members (excludes halogenated alkanes) is 2. The fourth-order valence-electron chi connectivity index (χ4n) is 5.94. The third kappa shape index (κ3) is 8.37. The van der Waals surface area contributed by atoms with E-state index in [-0.39, 0.29) is 17.9 Å². The van der Waals surface area contributed by atoms with Crippen LogP contribution in [0.15, 0.2) is 0 Å². The van der Waals surface area contributed by atoms with E-state index >= 15 is 0 Å². The summed E-state index contributed by atoms with van der Waals surface area (Å²) in [6.07, 6.45) is 7.02. The summed E-state index contributed by atoms with van der Waals surface area (Å²) in [5.41, 5.74) is 11.3. The number of nitrogens with two attached hydrogens (primary N) is 2. The van der Waals surface area contributed by atoms with Gasteiger partial charge in [-0.05, 0) is 96.7 Å². The third-order valence-electron chi connectivity index (χ3n) is 8.16. The lowest BCUT2D eigenvalue weighted by Gasteiger charge is -2.31. The molecular weight excluding hydrogens is 518 g/mol. The zero-order chi connectivity index (χ0) is 29.1. The molecule has 40 heavy (non-hydrogen) atoms. The number of carboxylic acids is 1. The monoisotopic (exact) mass is 565 g/mol. The Hall–Kier alpha value is -2.77. The molecule has 3 aliphatic heterocycles. The second-order valence-corrected chi connectivity index (χ2v) is 11.1. The highest BCUT2D eigenvalue weighted by molar-refractivity contribution is 5.96. The van der Waals surface area contributed by atoms with Gasteiger partial charge in [-0.25, -0.2) is 4.79 Å². The van der Waals surface area contributed by atoms with Crippen LogP contribution in [0.2, 0.25) is 0 Å². The van der Waals surface area contributed by atoms with Gasteiger partial charge >= 0.3 is 5.97 Å². The molecule has 0 radical (unpaired) electrons. The quantitative estimate of drug-likeness (QED) is 0.135. The highest BCUT2D eigenvalue weighted by Gasteiger charge is 2.41. The van der Waals surface area contributed by atoms with Crippen LogP contribution in [0.5, 0.6) is 0 Å². The maximum absolute atomic E-state index is 13.7. The van der Waals surface area contributed by atoms with Crippen molar-refractivity contribution in [2.75, 3.05) is 32.7 Å². The van der Waals surface area contributed by atoms with Crippen LogP contribution in [0.4, 0.5) is 0 Å². The van der Waals surface area contributed by atoms with Crippen LogP contribution in [0.3, 0.4) is 0 Å². The molecule has 3 heterocycles. The van der Waals surface area contributed by atoms with Crippen LogP contribution in [0.1, 0.15) is 77.0 Å². The minimum Gasteiger partial charge on any atom is -0.480 e. The van der Waals surface area contributed by atoms with Gasteiger partial charge in [-0.2, -0.15) is 0 Å². The highest BCUT2D eigenvalue weighted by Crippen LogP contribution is 2.23. The lowest BCUT2D eigenvalue weighted by atomic mass is 10.0. The van der Waals surface area contributed by atoms with E-state index in [2.05, 4.69) is 16.0 Å². The van der Waals surface area contributed by atoms with Crippen molar-refractivity contribution < 1.29 is 29.1 Å². The number of carbonyl (C=O) groups excluding carboxylic acids is 4. The number of hydrogen-bond acceptors (Lipinski definition) is 8. The number of nitrogens with zero attached hydrogens (tertiary/aromatic N) is 2. The standard InChI is InChI=1S/C27H47N7O6/c28-13-3-1-8-19(31-23(35)18-10-5-15-30-18)25(37)33-16-6-11-21(33)24(36)32-20(9-2-4-14-29)26(38)34-17-7-12-22(34)27(39)40/h18-22,30H,1-17,28-29H2,(H,31,35)(H,32,36)(H,39,40)/t18-,19-,20-,21-,22-/m0/s1. The van der Waals surface area contributed by atoms with Crippen LogP contribution in [-0.2, 0) is 24.0 Å². The topological polar surface area (TPSA) is 200 Å². The molecule has 0 spiro atoms. The van der Waals surface area contributed by atoms with E-state index in [1.54, 1.807) is 0 Å². The molecule has 0 aromatic rings. The molecule has 3 rings (SSSR count). The average Bonchev–Trinajstić information content (AvgIpc) is 3.73. The number of aliphatic carboxylic acids is 1. The van der Waals surface area contributed by atoms with Gasteiger partial charge in [0.2, 0.25) is 23.6 Å². The van der Waals surface area contributed by atoms with E-state index in [4.69, 9.17) is 11.5 Å². The zero-order valence-electron chi connectivity index (χ0n) is 23.4. The minimum atomic E-state index is -1.05. The predicted molar refractivity (Wildman–Crippen MR) is 148 cm³/mol. The van der Waals surface area contributed by atoms with Crippen molar-refractivity contribution in [1.29, 1.82) is 0 Å². The molecule has 226 valence electrons. The van der Waals surface area contributed by atoms with Gasteiger partial charge < -0.3 is 42.3 Å². The second-order valence-electron chi connectivity index (χ2n) is 11.1. The maximum atomic E-state index is 13.7. The maximum Gasteiger partial charge on any atom is 0.326 e. The lowest BCUT2D eigenvalue weighted by molar-refractivity contribution is -0.150. The Labute approximate surface area is 236 Å². The average molecular weight is 566 g/mol. The molecule has 0 unspecified atom stereocenters. The summed E-state index contributed by atoms with van der Waals surface area (Å²) in [6.45, 7) is 2.38. The molecule has 0 aromatic heterocycles. The molecule has 4 amide bonds. The van der Waals surface area contributed by atoms with E-state index in [0.717, 1.165) is 13.0 Å². The van der Waals surface area contributed by atoms with Crippen LogP contribution in [0.25, 0.3) is 0 Å². The largest absolute Gasteiger partial charge is 0.480 e. The normalized spacial score (nSPS) is 24.1. The van der Waals surface area contributed by atoms with E-state index in [1.165, 1.54) is 9.80 Å². The number of carbonyl (C=O) groups is 5. The molecule has 0 aliphatic carbocycles. The van der Waals surface area contributed by atoms with Crippen LogP contribution < -0.4 is 27.4 Å². The Kier molecular flexibility index (Phi) is 12.6.